The molecule has 0 amide bonds. The Morgan fingerprint density at radius 2 is 2.24 bits per heavy atom. The molecule has 1 aromatic heterocycles. The molecule has 0 bridgehead atoms. The standard InChI is InChI=1S/C13H14N2O2/c1-16-12-6-9(11-7-15-17-13(11)14)4-5-10(12)8-2-3-8/h4-8H,2-3,14H2,1H3. The Morgan fingerprint density at radius 1 is 1.41 bits per heavy atom. The molecule has 2 aromatic rings. The minimum absolute atomic E-state index is 0.339. The van der Waals surface area contributed by atoms with Crippen molar-refractivity contribution in [2.45, 2.75) is 18.8 Å². The van der Waals surface area contributed by atoms with Gasteiger partial charge in [0.15, 0.2) is 0 Å². The van der Waals surface area contributed by atoms with E-state index in [4.69, 9.17) is 15.0 Å². The third-order valence-corrected chi connectivity index (χ3v) is 3.16. The van der Waals surface area contributed by atoms with E-state index in [-0.39, 0.29) is 0 Å². The minimum Gasteiger partial charge on any atom is -0.496 e. The van der Waals surface area contributed by atoms with E-state index in [9.17, 15) is 0 Å². The predicted molar refractivity (Wildman–Crippen MR) is 64.9 cm³/mol. The van der Waals surface area contributed by atoms with Crippen molar-refractivity contribution >= 4 is 5.88 Å². The van der Waals surface area contributed by atoms with Crippen LogP contribution in [0.5, 0.6) is 5.75 Å². The van der Waals surface area contributed by atoms with Crippen LogP contribution in [0.25, 0.3) is 11.1 Å². The van der Waals surface area contributed by atoms with Crippen molar-refractivity contribution in [2.24, 2.45) is 0 Å². The van der Waals surface area contributed by atoms with Crippen molar-refractivity contribution in [1.82, 2.24) is 5.16 Å². The zero-order valence-electron chi connectivity index (χ0n) is 9.64. The third-order valence-electron chi connectivity index (χ3n) is 3.16. The number of methoxy groups -OCH3 is 1. The Morgan fingerprint density at radius 3 is 2.82 bits per heavy atom. The quantitative estimate of drug-likeness (QED) is 0.880. The topological polar surface area (TPSA) is 61.3 Å². The molecule has 0 aliphatic heterocycles. The molecule has 4 nitrogen and oxygen atoms in total. The van der Waals surface area contributed by atoms with E-state index < -0.39 is 0 Å². The van der Waals surface area contributed by atoms with Crippen LogP contribution in [-0.4, -0.2) is 12.3 Å². The van der Waals surface area contributed by atoms with Gasteiger partial charge in [-0.3, -0.25) is 0 Å². The number of anilines is 1. The lowest BCUT2D eigenvalue weighted by Crippen LogP contribution is -1.92. The number of aromatic nitrogens is 1. The van der Waals surface area contributed by atoms with Crippen LogP contribution in [0.2, 0.25) is 0 Å². The van der Waals surface area contributed by atoms with Gasteiger partial charge < -0.3 is 15.0 Å². The van der Waals surface area contributed by atoms with E-state index in [1.54, 1.807) is 13.3 Å². The fourth-order valence-corrected chi connectivity index (χ4v) is 2.08. The van der Waals surface area contributed by atoms with Crippen molar-refractivity contribution in [3.63, 3.8) is 0 Å². The maximum Gasteiger partial charge on any atom is 0.229 e. The van der Waals surface area contributed by atoms with Gasteiger partial charge >= 0.3 is 0 Å². The molecular weight excluding hydrogens is 216 g/mol. The summed E-state index contributed by atoms with van der Waals surface area (Å²) in [5, 5.41) is 3.68. The Kier molecular flexibility index (Phi) is 2.28. The second-order valence-corrected chi connectivity index (χ2v) is 4.33. The Hall–Kier alpha value is -1.97. The van der Waals surface area contributed by atoms with E-state index in [2.05, 4.69) is 11.2 Å². The lowest BCUT2D eigenvalue weighted by Gasteiger charge is -2.09. The van der Waals surface area contributed by atoms with Gasteiger partial charge in [0.2, 0.25) is 5.88 Å². The summed E-state index contributed by atoms with van der Waals surface area (Å²) in [6, 6.07) is 6.15. The highest BCUT2D eigenvalue weighted by Gasteiger charge is 2.27. The number of benzene rings is 1. The average Bonchev–Trinajstić information content (AvgIpc) is 3.11. The van der Waals surface area contributed by atoms with Gasteiger partial charge in [0.05, 0.1) is 18.9 Å². The highest BCUT2D eigenvalue weighted by Crippen LogP contribution is 2.45. The van der Waals surface area contributed by atoms with Crippen molar-refractivity contribution < 1.29 is 9.26 Å². The molecule has 0 radical (unpaired) electrons. The van der Waals surface area contributed by atoms with Crippen molar-refractivity contribution in [1.29, 1.82) is 0 Å². The summed E-state index contributed by atoms with van der Waals surface area (Å²) in [5.74, 6) is 1.93. The summed E-state index contributed by atoms with van der Waals surface area (Å²) in [5.41, 5.74) is 8.78. The highest BCUT2D eigenvalue weighted by atomic mass is 16.5. The first-order valence-electron chi connectivity index (χ1n) is 5.68. The number of ether oxygens (including phenoxy) is 1. The molecule has 88 valence electrons. The number of hydrogen-bond acceptors (Lipinski definition) is 4. The molecule has 4 heteroatoms. The number of nitrogen functional groups attached to an aromatic ring is 1. The predicted octanol–water partition coefficient (Wildman–Crippen LogP) is 2.81. The number of hydrogen-bond donors (Lipinski definition) is 1. The SMILES string of the molecule is COc1cc(-c2cnoc2N)ccc1C1CC1. The highest BCUT2D eigenvalue weighted by molar-refractivity contribution is 5.73. The fourth-order valence-electron chi connectivity index (χ4n) is 2.08. The van der Waals surface area contributed by atoms with E-state index in [1.807, 2.05) is 12.1 Å². The summed E-state index contributed by atoms with van der Waals surface area (Å²) in [4.78, 5) is 0. The molecule has 1 aromatic carbocycles. The van der Waals surface area contributed by atoms with Gasteiger partial charge in [0, 0.05) is 0 Å². The maximum absolute atomic E-state index is 5.70. The lowest BCUT2D eigenvalue weighted by atomic mass is 10.0. The largest absolute Gasteiger partial charge is 0.496 e. The molecule has 3 rings (SSSR count). The first-order chi connectivity index (χ1) is 8.29. The Balaban J connectivity index is 2.04. The minimum atomic E-state index is 0.339. The van der Waals surface area contributed by atoms with E-state index in [1.165, 1.54) is 18.4 Å². The first kappa shape index (κ1) is 10.2. The van der Waals surface area contributed by atoms with Gasteiger partial charge in [-0.2, -0.15) is 0 Å². The van der Waals surface area contributed by atoms with Crippen molar-refractivity contribution in [2.75, 3.05) is 12.8 Å². The number of nitrogens with two attached hydrogens (primary N) is 1. The van der Waals surface area contributed by atoms with E-state index >= 15 is 0 Å². The second kappa shape index (κ2) is 3.80. The Labute approximate surface area is 99.4 Å². The molecule has 0 atom stereocenters. The fraction of sp³-hybridized carbons (Fsp3) is 0.308. The van der Waals surface area contributed by atoms with Crippen LogP contribution in [-0.2, 0) is 0 Å². The van der Waals surface area contributed by atoms with Gasteiger partial charge in [0.25, 0.3) is 0 Å². The van der Waals surface area contributed by atoms with Crippen LogP contribution in [0.1, 0.15) is 24.3 Å². The van der Waals surface area contributed by atoms with Crippen LogP contribution < -0.4 is 10.5 Å². The molecule has 2 N–H and O–H groups in total. The monoisotopic (exact) mass is 230 g/mol. The van der Waals surface area contributed by atoms with Crippen LogP contribution in [0.3, 0.4) is 0 Å². The molecule has 1 saturated carbocycles. The van der Waals surface area contributed by atoms with Crippen molar-refractivity contribution in [3.8, 4) is 16.9 Å². The molecule has 1 aliphatic carbocycles. The van der Waals surface area contributed by atoms with Crippen LogP contribution in [0, 0.1) is 0 Å². The molecule has 17 heavy (non-hydrogen) atoms. The smallest absolute Gasteiger partial charge is 0.229 e. The molecule has 1 aliphatic rings. The van der Waals surface area contributed by atoms with Crippen LogP contribution >= 0.6 is 0 Å². The third kappa shape index (κ3) is 1.75. The molecule has 0 unspecified atom stereocenters. The van der Waals surface area contributed by atoms with E-state index in [0.29, 0.717) is 11.8 Å². The number of nitrogens with zero attached hydrogens (tertiary/aromatic N) is 1. The van der Waals surface area contributed by atoms with Gasteiger partial charge in [-0.05, 0) is 36.0 Å². The zero-order chi connectivity index (χ0) is 11.8. The summed E-state index contributed by atoms with van der Waals surface area (Å²) < 4.78 is 10.3. The second-order valence-electron chi connectivity index (χ2n) is 4.33. The maximum atomic E-state index is 5.70. The summed E-state index contributed by atoms with van der Waals surface area (Å²) >= 11 is 0. The summed E-state index contributed by atoms with van der Waals surface area (Å²) in [6.45, 7) is 0. The molecule has 0 saturated heterocycles. The Bertz CT molecular complexity index is 544. The van der Waals surface area contributed by atoms with Crippen LogP contribution in [0.4, 0.5) is 5.88 Å². The summed E-state index contributed by atoms with van der Waals surface area (Å²) in [6.07, 6.45) is 4.14. The van der Waals surface area contributed by atoms with Gasteiger partial charge in [-0.25, -0.2) is 0 Å². The normalized spacial score (nSPS) is 14.9. The zero-order valence-corrected chi connectivity index (χ0v) is 9.64. The van der Waals surface area contributed by atoms with Gasteiger partial charge in [-0.1, -0.05) is 17.3 Å². The van der Waals surface area contributed by atoms with E-state index in [0.717, 1.165) is 16.9 Å². The summed E-state index contributed by atoms with van der Waals surface area (Å²) in [7, 11) is 1.70. The van der Waals surface area contributed by atoms with Gasteiger partial charge in [-0.15, -0.1) is 0 Å². The first-order valence-corrected chi connectivity index (χ1v) is 5.68. The number of rotatable bonds is 3. The van der Waals surface area contributed by atoms with Crippen molar-refractivity contribution in [3.05, 3.63) is 30.0 Å². The molecule has 0 spiro atoms. The lowest BCUT2D eigenvalue weighted by molar-refractivity contribution is 0.410. The van der Waals surface area contributed by atoms with Crippen LogP contribution in [0.15, 0.2) is 28.9 Å². The molecule has 1 fully saturated rings. The average molecular weight is 230 g/mol. The van der Waals surface area contributed by atoms with Gasteiger partial charge in [0.1, 0.15) is 5.75 Å². The molecular formula is C13H14N2O2. The molecule has 1 heterocycles.